The van der Waals surface area contributed by atoms with Crippen molar-refractivity contribution in [2.75, 3.05) is 0 Å². The van der Waals surface area contributed by atoms with Crippen LogP contribution in [0, 0.1) is 11.8 Å². The highest BCUT2D eigenvalue weighted by Gasteiger charge is 2.33. The zero-order valence-corrected chi connectivity index (χ0v) is 11.9. The molecule has 0 N–H and O–H groups in total. The van der Waals surface area contributed by atoms with Crippen LogP contribution in [0.25, 0.3) is 0 Å². The Morgan fingerprint density at radius 3 is 2.39 bits per heavy atom. The normalized spacial score (nSPS) is 13.7. The molecule has 0 radical (unpaired) electrons. The number of hydroxylamine groups is 2. The fourth-order valence-electron chi connectivity index (χ4n) is 1.96. The Balaban J connectivity index is 1.70. The van der Waals surface area contributed by atoms with Gasteiger partial charge in [-0.05, 0) is 30.2 Å². The lowest BCUT2D eigenvalue weighted by molar-refractivity contribution is -0.173. The summed E-state index contributed by atoms with van der Waals surface area (Å²) in [5.41, 5.74) is 0.807. The molecule has 0 atom stereocenters. The second-order valence-electron chi connectivity index (χ2n) is 4.74. The molecule has 0 unspecified atom stereocenters. The summed E-state index contributed by atoms with van der Waals surface area (Å²) in [6.45, 7) is 0. The van der Waals surface area contributed by atoms with E-state index in [2.05, 4.69) is 11.8 Å². The van der Waals surface area contributed by atoms with Crippen LogP contribution in [0.4, 0.5) is 0 Å². The predicted molar refractivity (Wildman–Crippen MR) is 77.6 cm³/mol. The average Bonchev–Trinajstić information content (AvgIpc) is 3.16. The zero-order valence-electron chi connectivity index (χ0n) is 11.9. The second-order valence-corrected chi connectivity index (χ2v) is 4.74. The fourth-order valence-corrected chi connectivity index (χ4v) is 1.96. The molecule has 23 heavy (non-hydrogen) atoms. The zero-order chi connectivity index (χ0) is 16.2. The Morgan fingerprint density at radius 1 is 1.00 bits per heavy atom. The number of furan rings is 1. The van der Waals surface area contributed by atoms with Crippen LogP contribution in [0.15, 0.2) is 46.9 Å². The Kier molecular flexibility index (Phi) is 3.93. The summed E-state index contributed by atoms with van der Waals surface area (Å²) in [6, 6.07) is 12.2. The molecule has 114 valence electrons. The van der Waals surface area contributed by atoms with Gasteiger partial charge in [-0.1, -0.05) is 24.1 Å². The molecule has 1 aliphatic rings. The third kappa shape index (κ3) is 3.30. The standard InChI is InChI=1S/C17H11NO5/c19-15-10-11-16(20)18(15)23-17(21)14-9-8-13(22-14)7-6-12-4-2-1-3-5-12/h1-5,8-9H,10-11H2. The van der Waals surface area contributed by atoms with Gasteiger partial charge in [-0.3, -0.25) is 9.59 Å². The van der Waals surface area contributed by atoms with Gasteiger partial charge in [0, 0.05) is 18.4 Å². The molecular formula is C17H11NO5. The maximum absolute atomic E-state index is 11.9. The molecule has 0 spiro atoms. The first-order valence-corrected chi connectivity index (χ1v) is 6.88. The van der Waals surface area contributed by atoms with Crippen molar-refractivity contribution in [2.24, 2.45) is 0 Å². The largest absolute Gasteiger partial charge is 0.441 e. The first-order valence-electron chi connectivity index (χ1n) is 6.88. The summed E-state index contributed by atoms with van der Waals surface area (Å²) >= 11 is 0. The number of imide groups is 1. The van der Waals surface area contributed by atoms with E-state index in [0.717, 1.165) is 5.56 Å². The molecule has 0 saturated carbocycles. The Bertz CT molecular complexity index is 809. The average molecular weight is 309 g/mol. The van der Waals surface area contributed by atoms with Gasteiger partial charge >= 0.3 is 5.97 Å². The monoisotopic (exact) mass is 309 g/mol. The van der Waals surface area contributed by atoms with E-state index in [1.54, 1.807) is 0 Å². The number of rotatable bonds is 2. The summed E-state index contributed by atoms with van der Waals surface area (Å²) in [5.74, 6) is 3.81. The van der Waals surface area contributed by atoms with E-state index in [1.807, 2.05) is 30.3 Å². The van der Waals surface area contributed by atoms with Crippen molar-refractivity contribution in [3.05, 3.63) is 59.5 Å². The fraction of sp³-hybridized carbons (Fsp3) is 0.118. The molecule has 6 nitrogen and oxygen atoms in total. The molecule has 1 fully saturated rings. The van der Waals surface area contributed by atoms with Crippen LogP contribution in [0.1, 0.15) is 34.7 Å². The summed E-state index contributed by atoms with van der Waals surface area (Å²) < 4.78 is 5.25. The maximum Gasteiger partial charge on any atom is 0.399 e. The minimum Gasteiger partial charge on any atom is -0.441 e. The number of hydrogen-bond donors (Lipinski definition) is 0. The van der Waals surface area contributed by atoms with Crippen molar-refractivity contribution in [1.29, 1.82) is 0 Å². The lowest BCUT2D eigenvalue weighted by Crippen LogP contribution is -2.31. The van der Waals surface area contributed by atoms with E-state index in [9.17, 15) is 14.4 Å². The van der Waals surface area contributed by atoms with Crippen molar-refractivity contribution < 1.29 is 23.6 Å². The number of benzene rings is 1. The van der Waals surface area contributed by atoms with Crippen molar-refractivity contribution in [1.82, 2.24) is 5.06 Å². The van der Waals surface area contributed by atoms with E-state index in [4.69, 9.17) is 9.25 Å². The number of carbonyl (C=O) groups is 3. The summed E-state index contributed by atoms with van der Waals surface area (Å²) in [6.07, 6.45) is 0.0795. The maximum atomic E-state index is 11.9. The van der Waals surface area contributed by atoms with Gasteiger partial charge in [0.15, 0.2) is 5.76 Å². The molecular weight excluding hydrogens is 298 g/mol. The first kappa shape index (κ1) is 14.6. The molecule has 2 amide bonds. The third-order valence-electron chi connectivity index (χ3n) is 3.09. The number of nitrogens with zero attached hydrogens (tertiary/aromatic N) is 1. The highest BCUT2D eigenvalue weighted by molar-refractivity contribution is 6.02. The molecule has 6 heteroatoms. The molecule has 1 aliphatic heterocycles. The molecule has 1 aromatic heterocycles. The Hall–Kier alpha value is -3.33. The van der Waals surface area contributed by atoms with Gasteiger partial charge < -0.3 is 9.25 Å². The van der Waals surface area contributed by atoms with Crippen LogP contribution in [0.2, 0.25) is 0 Å². The van der Waals surface area contributed by atoms with Crippen molar-refractivity contribution >= 4 is 17.8 Å². The molecule has 0 aliphatic carbocycles. The highest BCUT2D eigenvalue weighted by atomic mass is 16.7. The molecule has 3 rings (SSSR count). The number of carbonyl (C=O) groups excluding carboxylic acids is 3. The van der Waals surface area contributed by atoms with Crippen LogP contribution in [0.3, 0.4) is 0 Å². The Morgan fingerprint density at radius 2 is 1.70 bits per heavy atom. The van der Waals surface area contributed by atoms with Crippen LogP contribution in [-0.2, 0) is 14.4 Å². The third-order valence-corrected chi connectivity index (χ3v) is 3.09. The van der Waals surface area contributed by atoms with Crippen LogP contribution >= 0.6 is 0 Å². The van der Waals surface area contributed by atoms with E-state index >= 15 is 0 Å². The number of hydrogen-bond acceptors (Lipinski definition) is 5. The van der Waals surface area contributed by atoms with E-state index in [1.165, 1.54) is 12.1 Å². The topological polar surface area (TPSA) is 76.8 Å². The predicted octanol–water partition coefficient (Wildman–Crippen LogP) is 1.90. The highest BCUT2D eigenvalue weighted by Crippen LogP contribution is 2.15. The van der Waals surface area contributed by atoms with Gasteiger partial charge in [-0.15, -0.1) is 5.06 Å². The van der Waals surface area contributed by atoms with Gasteiger partial charge in [-0.25, -0.2) is 4.79 Å². The molecule has 2 heterocycles. The van der Waals surface area contributed by atoms with Gasteiger partial charge in [0.25, 0.3) is 11.8 Å². The van der Waals surface area contributed by atoms with Crippen LogP contribution in [0.5, 0.6) is 0 Å². The second kappa shape index (κ2) is 6.20. The van der Waals surface area contributed by atoms with Crippen molar-refractivity contribution in [3.8, 4) is 11.8 Å². The lowest BCUT2D eigenvalue weighted by atomic mass is 10.2. The lowest BCUT2D eigenvalue weighted by Gasteiger charge is -2.10. The summed E-state index contributed by atoms with van der Waals surface area (Å²) in [7, 11) is 0. The minimum absolute atomic E-state index is 0.0398. The van der Waals surface area contributed by atoms with Gasteiger partial charge in [0.1, 0.15) is 0 Å². The van der Waals surface area contributed by atoms with Gasteiger partial charge in [-0.2, -0.15) is 0 Å². The van der Waals surface area contributed by atoms with E-state index < -0.39 is 17.8 Å². The van der Waals surface area contributed by atoms with E-state index in [0.29, 0.717) is 5.06 Å². The Labute approximate surface area is 131 Å². The number of amides is 2. The minimum atomic E-state index is -0.915. The van der Waals surface area contributed by atoms with Crippen LogP contribution in [-0.4, -0.2) is 22.8 Å². The molecule has 2 aromatic rings. The molecule has 1 saturated heterocycles. The summed E-state index contributed by atoms with van der Waals surface area (Å²) in [4.78, 5) is 39.4. The van der Waals surface area contributed by atoms with Gasteiger partial charge in [0.05, 0.1) is 0 Å². The van der Waals surface area contributed by atoms with Crippen molar-refractivity contribution in [3.63, 3.8) is 0 Å². The van der Waals surface area contributed by atoms with Gasteiger partial charge in [0.2, 0.25) is 5.76 Å². The molecule has 1 aromatic carbocycles. The quantitative estimate of drug-likeness (QED) is 0.625. The van der Waals surface area contributed by atoms with Crippen molar-refractivity contribution in [2.45, 2.75) is 12.8 Å². The SMILES string of the molecule is O=C(ON1C(=O)CCC1=O)c1ccc(C#Cc2ccccc2)o1. The van der Waals surface area contributed by atoms with Crippen LogP contribution < -0.4 is 0 Å². The molecule has 0 bridgehead atoms. The smallest absolute Gasteiger partial charge is 0.399 e. The summed E-state index contributed by atoms with van der Waals surface area (Å²) in [5, 5.41) is 0.472. The first-order chi connectivity index (χ1) is 11.1. The van der Waals surface area contributed by atoms with E-state index in [-0.39, 0.29) is 24.4 Å².